The lowest BCUT2D eigenvalue weighted by molar-refractivity contribution is -0.112. The van der Waals surface area contributed by atoms with Gasteiger partial charge in [0.1, 0.15) is 11.6 Å². The van der Waals surface area contributed by atoms with Crippen molar-refractivity contribution < 1.29 is 14.3 Å². The maximum atomic E-state index is 12.6. The first-order valence-corrected chi connectivity index (χ1v) is 9.78. The summed E-state index contributed by atoms with van der Waals surface area (Å²) >= 11 is 5.86. The zero-order chi connectivity index (χ0) is 22.5. The van der Waals surface area contributed by atoms with Crippen LogP contribution in [0.5, 0.6) is 0 Å². The number of benzene rings is 2. The smallest absolute Gasteiger partial charge is 0.337 e. The van der Waals surface area contributed by atoms with Crippen LogP contribution in [0.15, 0.2) is 60.2 Å². The predicted octanol–water partition coefficient (Wildman–Crippen LogP) is 5.08. The minimum atomic E-state index is -0.503. The molecule has 0 aliphatic rings. The number of methoxy groups -OCH3 is 1. The summed E-state index contributed by atoms with van der Waals surface area (Å²) in [5.74, 6) is -0.904. The Morgan fingerprint density at radius 1 is 1.10 bits per heavy atom. The highest BCUT2D eigenvalue weighted by molar-refractivity contribution is 6.30. The van der Waals surface area contributed by atoms with E-state index in [-0.39, 0.29) is 5.57 Å². The molecule has 156 valence electrons. The van der Waals surface area contributed by atoms with E-state index in [1.165, 1.54) is 7.11 Å². The normalized spacial score (nSPS) is 11.0. The van der Waals surface area contributed by atoms with Crippen molar-refractivity contribution in [3.63, 3.8) is 0 Å². The van der Waals surface area contributed by atoms with Gasteiger partial charge in [0.25, 0.3) is 5.91 Å². The minimum Gasteiger partial charge on any atom is -0.465 e. The van der Waals surface area contributed by atoms with Crippen LogP contribution in [-0.2, 0) is 9.53 Å². The zero-order valence-electron chi connectivity index (χ0n) is 17.3. The Balaban J connectivity index is 1.90. The van der Waals surface area contributed by atoms with Crippen molar-refractivity contribution in [2.75, 3.05) is 12.4 Å². The molecular weight excluding hydrogens is 414 g/mol. The van der Waals surface area contributed by atoms with Crippen molar-refractivity contribution in [1.29, 1.82) is 5.26 Å². The first-order valence-electron chi connectivity index (χ1n) is 9.40. The molecule has 1 N–H and O–H groups in total. The highest BCUT2D eigenvalue weighted by atomic mass is 35.5. The van der Waals surface area contributed by atoms with Crippen molar-refractivity contribution in [1.82, 2.24) is 4.57 Å². The van der Waals surface area contributed by atoms with E-state index < -0.39 is 11.9 Å². The number of carbonyl (C=O) groups is 2. The number of nitriles is 1. The SMILES string of the molecule is COC(=O)c1ccc(-n2c(C)cc(C=C(C#N)C(=O)Nc3ccc(Cl)cc3)c2C)cc1. The van der Waals surface area contributed by atoms with Crippen molar-refractivity contribution in [2.45, 2.75) is 13.8 Å². The highest BCUT2D eigenvalue weighted by Gasteiger charge is 2.14. The van der Waals surface area contributed by atoms with Crippen LogP contribution < -0.4 is 5.32 Å². The van der Waals surface area contributed by atoms with Crippen LogP contribution in [0.3, 0.4) is 0 Å². The highest BCUT2D eigenvalue weighted by Crippen LogP contribution is 2.24. The first kappa shape index (κ1) is 21.9. The fourth-order valence-electron chi connectivity index (χ4n) is 3.23. The lowest BCUT2D eigenvalue weighted by atomic mass is 10.1. The van der Waals surface area contributed by atoms with E-state index in [0.29, 0.717) is 16.3 Å². The number of rotatable bonds is 5. The molecular formula is C24H20ClN3O3. The Labute approximate surface area is 185 Å². The van der Waals surface area contributed by atoms with Gasteiger partial charge in [-0.1, -0.05) is 11.6 Å². The van der Waals surface area contributed by atoms with Crippen LogP contribution in [0, 0.1) is 25.2 Å². The van der Waals surface area contributed by atoms with Crippen LogP contribution in [0.25, 0.3) is 11.8 Å². The molecule has 7 heteroatoms. The average Bonchev–Trinajstić information content (AvgIpc) is 3.05. The van der Waals surface area contributed by atoms with Gasteiger partial charge in [-0.05, 0) is 80.1 Å². The molecule has 0 unspecified atom stereocenters. The quantitative estimate of drug-likeness (QED) is 0.345. The van der Waals surface area contributed by atoms with Gasteiger partial charge in [0.2, 0.25) is 0 Å². The summed E-state index contributed by atoms with van der Waals surface area (Å²) in [6.07, 6.45) is 1.56. The van der Waals surface area contributed by atoms with E-state index >= 15 is 0 Å². The number of ether oxygens (including phenoxy) is 1. The number of hydrogen-bond acceptors (Lipinski definition) is 4. The average molecular weight is 434 g/mol. The lowest BCUT2D eigenvalue weighted by Crippen LogP contribution is -2.13. The molecule has 31 heavy (non-hydrogen) atoms. The van der Waals surface area contributed by atoms with Gasteiger partial charge >= 0.3 is 5.97 Å². The van der Waals surface area contributed by atoms with Crippen LogP contribution in [0.2, 0.25) is 5.02 Å². The topological polar surface area (TPSA) is 84.1 Å². The Kier molecular flexibility index (Phi) is 6.58. The second-order valence-electron chi connectivity index (χ2n) is 6.83. The van der Waals surface area contributed by atoms with Crippen LogP contribution in [-0.4, -0.2) is 23.6 Å². The third-order valence-electron chi connectivity index (χ3n) is 4.78. The summed E-state index contributed by atoms with van der Waals surface area (Å²) in [5, 5.41) is 12.8. The number of aryl methyl sites for hydroxylation is 1. The molecule has 3 aromatic rings. The molecule has 0 saturated carbocycles. The van der Waals surface area contributed by atoms with Gasteiger partial charge in [-0.15, -0.1) is 0 Å². The number of anilines is 1. The van der Waals surface area contributed by atoms with Gasteiger partial charge in [0, 0.05) is 27.8 Å². The van der Waals surface area contributed by atoms with Crippen molar-refractivity contribution >= 4 is 35.2 Å². The number of amides is 1. The molecule has 0 fully saturated rings. The number of hydrogen-bond donors (Lipinski definition) is 1. The Morgan fingerprint density at radius 2 is 1.74 bits per heavy atom. The van der Waals surface area contributed by atoms with Gasteiger partial charge in [-0.25, -0.2) is 4.79 Å². The third-order valence-corrected chi connectivity index (χ3v) is 5.04. The van der Waals surface area contributed by atoms with E-state index in [9.17, 15) is 14.9 Å². The standard InChI is InChI=1S/C24H20ClN3O3/c1-15-12-18(13-19(14-26)23(29)27-21-8-6-20(25)7-9-21)16(2)28(15)22-10-4-17(5-11-22)24(30)31-3/h4-13H,1-3H3,(H,27,29). The summed E-state index contributed by atoms with van der Waals surface area (Å²) in [6, 6.07) is 17.5. The largest absolute Gasteiger partial charge is 0.465 e. The summed E-state index contributed by atoms with van der Waals surface area (Å²) in [4.78, 5) is 24.2. The number of aromatic nitrogens is 1. The number of carbonyl (C=O) groups excluding carboxylic acids is 2. The fourth-order valence-corrected chi connectivity index (χ4v) is 3.36. The summed E-state index contributed by atoms with van der Waals surface area (Å²) in [5.41, 5.74) is 4.37. The van der Waals surface area contributed by atoms with Gasteiger partial charge in [-0.2, -0.15) is 5.26 Å². The fraction of sp³-hybridized carbons (Fsp3) is 0.125. The maximum Gasteiger partial charge on any atom is 0.337 e. The second kappa shape index (κ2) is 9.33. The summed E-state index contributed by atoms with van der Waals surface area (Å²) in [6.45, 7) is 3.83. The van der Waals surface area contributed by atoms with E-state index in [4.69, 9.17) is 16.3 Å². The van der Waals surface area contributed by atoms with Crippen LogP contribution in [0.1, 0.15) is 27.3 Å². The zero-order valence-corrected chi connectivity index (χ0v) is 18.0. The molecule has 0 spiro atoms. The monoisotopic (exact) mass is 433 g/mol. The summed E-state index contributed by atoms with van der Waals surface area (Å²) < 4.78 is 6.72. The molecule has 0 aliphatic carbocycles. The summed E-state index contributed by atoms with van der Waals surface area (Å²) in [7, 11) is 1.34. The van der Waals surface area contributed by atoms with Gasteiger partial charge < -0.3 is 14.6 Å². The van der Waals surface area contributed by atoms with Crippen molar-refractivity contribution in [3.05, 3.63) is 87.7 Å². The number of halogens is 1. The molecule has 0 saturated heterocycles. The van der Waals surface area contributed by atoms with Gasteiger partial charge in [0.05, 0.1) is 12.7 Å². The molecule has 1 heterocycles. The second-order valence-corrected chi connectivity index (χ2v) is 7.27. The van der Waals surface area contributed by atoms with E-state index in [2.05, 4.69) is 5.32 Å². The van der Waals surface area contributed by atoms with Crippen molar-refractivity contribution in [2.24, 2.45) is 0 Å². The predicted molar refractivity (Wildman–Crippen MR) is 120 cm³/mol. The van der Waals surface area contributed by atoms with Crippen LogP contribution in [0.4, 0.5) is 5.69 Å². The molecule has 0 bridgehead atoms. The molecule has 3 rings (SSSR count). The third kappa shape index (κ3) is 4.85. The van der Waals surface area contributed by atoms with E-state index in [1.54, 1.807) is 42.5 Å². The molecule has 6 nitrogen and oxygen atoms in total. The Bertz CT molecular complexity index is 1200. The molecule has 0 atom stereocenters. The van der Waals surface area contributed by atoms with Gasteiger partial charge in [-0.3, -0.25) is 4.79 Å². The first-order chi connectivity index (χ1) is 14.8. The van der Waals surface area contributed by atoms with E-state index in [0.717, 1.165) is 22.6 Å². The Morgan fingerprint density at radius 3 is 2.32 bits per heavy atom. The minimum absolute atomic E-state index is 0.0174. The number of nitrogens with one attached hydrogen (secondary N) is 1. The molecule has 1 amide bonds. The number of nitrogens with zero attached hydrogens (tertiary/aromatic N) is 2. The molecule has 1 aromatic heterocycles. The lowest BCUT2D eigenvalue weighted by Gasteiger charge is -2.10. The van der Waals surface area contributed by atoms with Crippen molar-refractivity contribution in [3.8, 4) is 11.8 Å². The maximum absolute atomic E-state index is 12.6. The molecule has 0 radical (unpaired) electrons. The van der Waals surface area contributed by atoms with Crippen LogP contribution >= 0.6 is 11.6 Å². The number of esters is 1. The Hall–Kier alpha value is -3.82. The molecule has 2 aromatic carbocycles. The van der Waals surface area contributed by atoms with Gasteiger partial charge in [0.15, 0.2) is 0 Å². The van der Waals surface area contributed by atoms with E-state index in [1.807, 2.05) is 42.7 Å². The molecule has 0 aliphatic heterocycles.